The molecule has 1 fully saturated rings. The van der Waals surface area contributed by atoms with Crippen LogP contribution in [0.4, 0.5) is 0 Å². The summed E-state index contributed by atoms with van der Waals surface area (Å²) in [6.07, 6.45) is 4.45. The molecule has 0 saturated carbocycles. The van der Waals surface area contributed by atoms with E-state index in [0.29, 0.717) is 25.2 Å². The van der Waals surface area contributed by atoms with Gasteiger partial charge in [0.2, 0.25) is 0 Å². The number of hydrogen-bond donors (Lipinski definition) is 1. The predicted octanol–water partition coefficient (Wildman–Crippen LogP) is 1.08. The number of hydrogen-bond acceptors (Lipinski definition) is 5. The Labute approximate surface area is 124 Å². The van der Waals surface area contributed by atoms with Crippen LogP contribution in [0.25, 0.3) is 0 Å². The lowest BCUT2D eigenvalue weighted by atomic mass is 10.0. The molecule has 7 nitrogen and oxygen atoms in total. The van der Waals surface area contributed by atoms with Crippen molar-refractivity contribution in [3.05, 3.63) is 12.0 Å². The lowest BCUT2D eigenvalue weighted by Gasteiger charge is -2.33. The molecule has 0 aromatic carbocycles. The standard InChI is InChI=1S/C13H21N3O4S/c1-3-11-14-9-12(15-11)21(18,19)16-7-5-4-6-10(16)8-13(17)20-2/h9-10H,3-8H2,1-2H3,(H,14,15). The van der Waals surface area contributed by atoms with Gasteiger partial charge in [-0.15, -0.1) is 0 Å². The first-order valence-electron chi connectivity index (χ1n) is 7.11. The van der Waals surface area contributed by atoms with Gasteiger partial charge in [0.15, 0.2) is 5.03 Å². The number of piperidine rings is 1. The number of carbonyl (C=O) groups is 1. The quantitative estimate of drug-likeness (QED) is 0.821. The molecular weight excluding hydrogens is 294 g/mol. The molecule has 0 bridgehead atoms. The molecule has 1 aromatic rings. The number of nitrogens with zero attached hydrogens (tertiary/aromatic N) is 2. The maximum Gasteiger partial charge on any atom is 0.307 e. The molecule has 21 heavy (non-hydrogen) atoms. The van der Waals surface area contributed by atoms with E-state index >= 15 is 0 Å². The van der Waals surface area contributed by atoms with E-state index in [1.54, 1.807) is 0 Å². The molecule has 1 saturated heterocycles. The second-order valence-electron chi connectivity index (χ2n) is 5.09. The minimum Gasteiger partial charge on any atom is -0.469 e. The molecule has 1 aliphatic rings. The molecule has 1 unspecified atom stereocenters. The number of imidazole rings is 1. The molecule has 0 aliphatic carbocycles. The number of methoxy groups -OCH3 is 1. The first-order valence-corrected chi connectivity index (χ1v) is 8.55. The van der Waals surface area contributed by atoms with Crippen molar-refractivity contribution in [3.8, 4) is 0 Å². The van der Waals surface area contributed by atoms with E-state index in [-0.39, 0.29) is 23.5 Å². The average molecular weight is 315 g/mol. The minimum absolute atomic E-state index is 0.0878. The zero-order chi connectivity index (χ0) is 15.5. The van der Waals surface area contributed by atoms with Gasteiger partial charge in [-0.3, -0.25) is 4.79 Å². The van der Waals surface area contributed by atoms with E-state index in [9.17, 15) is 13.2 Å². The van der Waals surface area contributed by atoms with Crippen molar-refractivity contribution in [2.45, 2.75) is 50.1 Å². The third-order valence-corrected chi connectivity index (χ3v) is 5.59. The minimum atomic E-state index is -3.65. The first-order chi connectivity index (χ1) is 9.98. The van der Waals surface area contributed by atoms with Gasteiger partial charge in [-0.1, -0.05) is 13.3 Å². The van der Waals surface area contributed by atoms with Crippen LogP contribution in [0.3, 0.4) is 0 Å². The fourth-order valence-electron chi connectivity index (χ4n) is 2.55. The number of aromatic amines is 1. The van der Waals surface area contributed by atoms with Gasteiger partial charge < -0.3 is 9.72 Å². The number of aromatic nitrogens is 2. The molecule has 1 aromatic heterocycles. The topological polar surface area (TPSA) is 92.4 Å². The smallest absolute Gasteiger partial charge is 0.307 e. The fourth-order valence-corrected chi connectivity index (χ4v) is 4.18. The summed E-state index contributed by atoms with van der Waals surface area (Å²) in [7, 11) is -2.33. The number of esters is 1. The molecule has 1 aliphatic heterocycles. The lowest BCUT2D eigenvalue weighted by Crippen LogP contribution is -2.44. The van der Waals surface area contributed by atoms with Gasteiger partial charge >= 0.3 is 5.97 Å². The van der Waals surface area contributed by atoms with Gasteiger partial charge in [0.1, 0.15) is 5.82 Å². The lowest BCUT2D eigenvalue weighted by molar-refractivity contribution is -0.141. The summed E-state index contributed by atoms with van der Waals surface area (Å²) in [5, 5.41) is 0.0936. The van der Waals surface area contributed by atoms with Gasteiger partial charge in [-0.25, -0.2) is 13.4 Å². The van der Waals surface area contributed by atoms with Gasteiger partial charge in [0, 0.05) is 19.0 Å². The predicted molar refractivity (Wildman–Crippen MR) is 76.1 cm³/mol. The SMILES string of the molecule is CCc1ncc(S(=O)(=O)N2CCCCC2CC(=O)OC)[nH]1. The Bertz CT molecular complexity index is 596. The van der Waals surface area contributed by atoms with Crippen molar-refractivity contribution in [2.24, 2.45) is 0 Å². The number of aryl methyl sites for hydroxylation is 1. The van der Waals surface area contributed by atoms with Crippen molar-refractivity contribution < 1.29 is 17.9 Å². The van der Waals surface area contributed by atoms with Crippen LogP contribution in [0.2, 0.25) is 0 Å². The molecule has 1 atom stereocenters. The second kappa shape index (κ2) is 6.57. The summed E-state index contributed by atoms with van der Waals surface area (Å²) in [5.74, 6) is 0.246. The Morgan fingerprint density at radius 3 is 2.90 bits per heavy atom. The Hall–Kier alpha value is -1.41. The molecule has 8 heteroatoms. The molecule has 118 valence electrons. The molecule has 2 heterocycles. The average Bonchev–Trinajstić information content (AvgIpc) is 2.97. The van der Waals surface area contributed by atoms with Crippen molar-refractivity contribution in [3.63, 3.8) is 0 Å². The fraction of sp³-hybridized carbons (Fsp3) is 0.692. The van der Waals surface area contributed by atoms with Crippen LogP contribution in [0, 0.1) is 0 Å². The normalized spacial score (nSPS) is 20.4. The number of sulfonamides is 1. The van der Waals surface area contributed by atoms with Crippen LogP contribution in [-0.2, 0) is 26.0 Å². The van der Waals surface area contributed by atoms with E-state index in [4.69, 9.17) is 0 Å². The Kier molecular flexibility index (Phi) is 5.00. The maximum absolute atomic E-state index is 12.7. The highest BCUT2D eigenvalue weighted by molar-refractivity contribution is 7.89. The number of nitrogens with one attached hydrogen (secondary N) is 1. The molecule has 2 rings (SSSR count). The third kappa shape index (κ3) is 3.44. The summed E-state index contributed by atoms with van der Waals surface area (Å²) < 4.78 is 31.5. The summed E-state index contributed by atoms with van der Waals surface area (Å²) in [6.45, 7) is 2.32. The Balaban J connectivity index is 2.24. The third-order valence-electron chi connectivity index (χ3n) is 3.73. The van der Waals surface area contributed by atoms with Crippen molar-refractivity contribution in [1.82, 2.24) is 14.3 Å². The van der Waals surface area contributed by atoms with Gasteiger partial charge in [0.25, 0.3) is 10.0 Å². The highest BCUT2D eigenvalue weighted by Crippen LogP contribution is 2.26. The Morgan fingerprint density at radius 1 is 1.52 bits per heavy atom. The van der Waals surface area contributed by atoms with Crippen LogP contribution >= 0.6 is 0 Å². The van der Waals surface area contributed by atoms with Crippen LogP contribution in [0.15, 0.2) is 11.2 Å². The van der Waals surface area contributed by atoms with Crippen LogP contribution in [0.5, 0.6) is 0 Å². The molecule has 0 spiro atoms. The summed E-state index contributed by atoms with van der Waals surface area (Å²) in [4.78, 5) is 18.4. The zero-order valence-corrected chi connectivity index (χ0v) is 13.1. The van der Waals surface area contributed by atoms with Gasteiger partial charge in [0.05, 0.1) is 19.7 Å². The van der Waals surface area contributed by atoms with Crippen LogP contribution in [0.1, 0.15) is 38.4 Å². The second-order valence-corrected chi connectivity index (χ2v) is 6.95. The Morgan fingerprint density at radius 2 is 2.29 bits per heavy atom. The van der Waals surface area contributed by atoms with Crippen molar-refractivity contribution in [1.29, 1.82) is 0 Å². The number of rotatable bonds is 5. The molecule has 1 N–H and O–H groups in total. The number of ether oxygens (including phenoxy) is 1. The molecule has 0 radical (unpaired) electrons. The van der Waals surface area contributed by atoms with Gasteiger partial charge in [-0.2, -0.15) is 4.31 Å². The van der Waals surface area contributed by atoms with Crippen LogP contribution in [-0.4, -0.2) is 48.4 Å². The highest BCUT2D eigenvalue weighted by atomic mass is 32.2. The maximum atomic E-state index is 12.7. The van der Waals surface area contributed by atoms with E-state index < -0.39 is 10.0 Å². The van der Waals surface area contributed by atoms with Gasteiger partial charge in [-0.05, 0) is 12.8 Å². The summed E-state index contributed by atoms with van der Waals surface area (Å²) in [5.41, 5.74) is 0. The van der Waals surface area contributed by atoms with E-state index in [0.717, 1.165) is 12.8 Å². The van der Waals surface area contributed by atoms with Crippen molar-refractivity contribution in [2.75, 3.05) is 13.7 Å². The largest absolute Gasteiger partial charge is 0.469 e. The monoisotopic (exact) mass is 315 g/mol. The number of carbonyl (C=O) groups excluding carboxylic acids is 1. The summed E-state index contributed by atoms with van der Waals surface area (Å²) in [6, 6.07) is -0.343. The highest BCUT2D eigenvalue weighted by Gasteiger charge is 2.35. The molecule has 0 amide bonds. The van der Waals surface area contributed by atoms with E-state index in [1.165, 1.54) is 17.6 Å². The molecular formula is C13H21N3O4S. The number of H-pyrrole nitrogens is 1. The van der Waals surface area contributed by atoms with E-state index in [2.05, 4.69) is 14.7 Å². The van der Waals surface area contributed by atoms with Crippen molar-refractivity contribution >= 4 is 16.0 Å². The van der Waals surface area contributed by atoms with E-state index in [1.807, 2.05) is 6.92 Å². The zero-order valence-electron chi connectivity index (χ0n) is 12.3. The first kappa shape index (κ1) is 16.0. The van der Waals surface area contributed by atoms with Crippen LogP contribution < -0.4 is 0 Å². The summed E-state index contributed by atoms with van der Waals surface area (Å²) >= 11 is 0.